The van der Waals surface area contributed by atoms with E-state index in [0.717, 1.165) is 0 Å². The number of carbonyl (C=O) groups excluding carboxylic acids is 1. The first-order chi connectivity index (χ1) is 10.6. The molecule has 4 rings (SSSR count). The molecule has 2 aromatic heterocycles. The van der Waals surface area contributed by atoms with Crippen LogP contribution in [-0.2, 0) is 22.6 Å². The fraction of sp³-hybridized carbons (Fsp3) is 0.375. The van der Waals surface area contributed by atoms with Gasteiger partial charge in [0.2, 0.25) is 5.91 Å². The van der Waals surface area contributed by atoms with Crippen molar-refractivity contribution in [2.24, 2.45) is 11.8 Å². The monoisotopic (exact) mass is 301 g/mol. The van der Waals surface area contributed by atoms with Crippen molar-refractivity contribution in [1.82, 2.24) is 4.90 Å². The molecule has 3 heterocycles. The zero-order chi connectivity index (χ0) is 15.3. The molecule has 1 aliphatic heterocycles. The molecule has 2 aromatic rings. The zero-order valence-corrected chi connectivity index (χ0v) is 11.8. The van der Waals surface area contributed by atoms with E-state index in [2.05, 4.69) is 0 Å². The van der Waals surface area contributed by atoms with Crippen molar-refractivity contribution in [3.63, 3.8) is 0 Å². The molecule has 0 spiro atoms. The number of carbonyl (C=O) groups is 2. The van der Waals surface area contributed by atoms with Crippen LogP contribution in [0.3, 0.4) is 0 Å². The maximum atomic E-state index is 12.7. The first-order valence-electron chi connectivity index (χ1n) is 7.25. The second-order valence-electron chi connectivity index (χ2n) is 5.90. The number of aliphatic carboxylic acids is 1. The van der Waals surface area contributed by atoms with Crippen LogP contribution < -0.4 is 0 Å². The molecule has 2 aliphatic rings. The molecule has 1 saturated heterocycles. The predicted octanol–water partition coefficient (Wildman–Crippen LogP) is 1.87. The Bertz CT molecular complexity index is 717. The summed E-state index contributed by atoms with van der Waals surface area (Å²) < 4.78 is 10.7. The fourth-order valence-corrected chi connectivity index (χ4v) is 3.75. The third-order valence-electron chi connectivity index (χ3n) is 4.67. The van der Waals surface area contributed by atoms with Gasteiger partial charge < -0.3 is 18.8 Å². The number of rotatable bonds is 3. The first-order valence-corrected chi connectivity index (χ1v) is 7.25. The lowest BCUT2D eigenvalue weighted by Gasteiger charge is -2.27. The summed E-state index contributed by atoms with van der Waals surface area (Å²) in [5.74, 6) is -1.04. The van der Waals surface area contributed by atoms with E-state index in [1.165, 1.54) is 6.26 Å². The smallest absolute Gasteiger partial charge is 0.311 e. The minimum Gasteiger partial charge on any atom is -0.481 e. The average Bonchev–Trinajstić information content (AvgIpc) is 3.19. The normalized spacial score (nSPS) is 26.8. The molecule has 1 N–H and O–H groups in total. The van der Waals surface area contributed by atoms with Crippen molar-refractivity contribution >= 4 is 11.9 Å². The summed E-state index contributed by atoms with van der Waals surface area (Å²) in [4.78, 5) is 26.1. The Kier molecular flexibility index (Phi) is 2.85. The second kappa shape index (κ2) is 4.76. The van der Waals surface area contributed by atoms with Crippen LogP contribution in [0.5, 0.6) is 0 Å². The van der Waals surface area contributed by atoms with Crippen LogP contribution in [-0.4, -0.2) is 28.4 Å². The van der Waals surface area contributed by atoms with Crippen molar-refractivity contribution in [3.05, 3.63) is 47.8 Å². The van der Waals surface area contributed by atoms with Gasteiger partial charge in [-0.1, -0.05) is 0 Å². The summed E-state index contributed by atoms with van der Waals surface area (Å²) >= 11 is 0. The van der Waals surface area contributed by atoms with Crippen molar-refractivity contribution in [1.29, 1.82) is 0 Å². The molecule has 0 radical (unpaired) electrons. The average molecular weight is 301 g/mol. The molecule has 22 heavy (non-hydrogen) atoms. The van der Waals surface area contributed by atoms with Gasteiger partial charge in [-0.2, -0.15) is 0 Å². The van der Waals surface area contributed by atoms with Crippen LogP contribution in [0.1, 0.15) is 23.0 Å². The van der Waals surface area contributed by atoms with Crippen molar-refractivity contribution < 1.29 is 23.5 Å². The minimum absolute atomic E-state index is 0.0257. The number of amides is 1. The van der Waals surface area contributed by atoms with E-state index in [-0.39, 0.29) is 11.8 Å². The third-order valence-corrected chi connectivity index (χ3v) is 4.67. The van der Waals surface area contributed by atoms with Gasteiger partial charge in [0.15, 0.2) is 0 Å². The van der Waals surface area contributed by atoms with Crippen LogP contribution in [0.4, 0.5) is 0 Å². The molecule has 1 aliphatic carbocycles. The molecule has 114 valence electrons. The van der Waals surface area contributed by atoms with E-state index < -0.39 is 17.8 Å². The van der Waals surface area contributed by atoms with E-state index in [1.807, 2.05) is 6.07 Å². The number of hydrogen-bond donors (Lipinski definition) is 1. The Morgan fingerprint density at radius 3 is 2.91 bits per heavy atom. The number of furan rings is 2. The molecule has 6 heteroatoms. The number of fused-ring (bicyclic) bond motifs is 2. The molecule has 3 atom stereocenters. The lowest BCUT2D eigenvalue weighted by atomic mass is 9.73. The summed E-state index contributed by atoms with van der Waals surface area (Å²) in [5.41, 5.74) is 0.641. The number of nitrogens with zero attached hydrogens (tertiary/aromatic N) is 1. The highest BCUT2D eigenvalue weighted by atomic mass is 16.4. The van der Waals surface area contributed by atoms with Crippen LogP contribution in [0.25, 0.3) is 0 Å². The number of hydrogen-bond acceptors (Lipinski definition) is 4. The van der Waals surface area contributed by atoms with E-state index in [1.54, 1.807) is 23.3 Å². The lowest BCUT2D eigenvalue weighted by molar-refractivity contribution is -0.145. The van der Waals surface area contributed by atoms with Crippen molar-refractivity contribution in [2.45, 2.75) is 18.9 Å². The van der Waals surface area contributed by atoms with Crippen LogP contribution >= 0.6 is 0 Å². The van der Waals surface area contributed by atoms with Gasteiger partial charge in [-0.3, -0.25) is 9.59 Å². The molecule has 1 amide bonds. The maximum Gasteiger partial charge on any atom is 0.311 e. The third kappa shape index (κ3) is 1.87. The molecule has 0 saturated carbocycles. The highest BCUT2D eigenvalue weighted by Crippen LogP contribution is 2.45. The van der Waals surface area contributed by atoms with Gasteiger partial charge in [0.1, 0.15) is 11.5 Å². The lowest BCUT2D eigenvalue weighted by Crippen LogP contribution is -2.35. The van der Waals surface area contributed by atoms with Gasteiger partial charge in [0, 0.05) is 18.5 Å². The molecule has 0 aromatic carbocycles. The maximum absolute atomic E-state index is 12.7. The summed E-state index contributed by atoms with van der Waals surface area (Å²) in [6.07, 6.45) is 3.68. The summed E-state index contributed by atoms with van der Waals surface area (Å²) in [5, 5.41) is 9.58. The number of carboxylic acids is 1. The fourth-order valence-electron chi connectivity index (χ4n) is 3.75. The van der Waals surface area contributed by atoms with Crippen molar-refractivity contribution in [2.75, 3.05) is 6.54 Å². The minimum atomic E-state index is -0.967. The van der Waals surface area contributed by atoms with E-state index in [9.17, 15) is 14.7 Å². The van der Waals surface area contributed by atoms with Gasteiger partial charge in [-0.15, -0.1) is 0 Å². The molecular formula is C16H15NO5. The Morgan fingerprint density at radius 1 is 1.32 bits per heavy atom. The highest BCUT2D eigenvalue weighted by Gasteiger charge is 2.52. The van der Waals surface area contributed by atoms with Crippen LogP contribution in [0.2, 0.25) is 0 Å². The van der Waals surface area contributed by atoms with Gasteiger partial charge in [-0.05, 0) is 24.1 Å². The zero-order valence-electron chi connectivity index (χ0n) is 11.8. The van der Waals surface area contributed by atoms with E-state index in [0.29, 0.717) is 36.6 Å². The van der Waals surface area contributed by atoms with Crippen LogP contribution in [0.15, 0.2) is 39.6 Å². The molecule has 0 unspecified atom stereocenters. The Hall–Kier alpha value is -2.50. The predicted molar refractivity (Wildman–Crippen MR) is 73.9 cm³/mol. The van der Waals surface area contributed by atoms with Gasteiger partial charge in [0.05, 0.1) is 30.9 Å². The second-order valence-corrected chi connectivity index (χ2v) is 5.90. The summed E-state index contributed by atoms with van der Waals surface area (Å²) in [7, 11) is 0. The summed E-state index contributed by atoms with van der Waals surface area (Å²) in [6.45, 7) is 0.917. The van der Waals surface area contributed by atoms with Gasteiger partial charge in [0.25, 0.3) is 0 Å². The Labute approximate surface area is 126 Å². The number of likely N-dealkylation sites (tertiary alicyclic amines) is 1. The molecule has 6 nitrogen and oxygen atoms in total. The van der Waals surface area contributed by atoms with E-state index >= 15 is 0 Å². The topological polar surface area (TPSA) is 83.9 Å². The van der Waals surface area contributed by atoms with Crippen LogP contribution in [0, 0.1) is 11.8 Å². The standard InChI is InChI=1S/C16H15NO5/c18-15-13-9(7-17(15)8-10-2-1-4-21-10)6-12-11(3-5-22-12)14(13)16(19)20/h1-5,9,13-14H,6-8H2,(H,19,20)/t9-,13-,14+/m0/s1. The van der Waals surface area contributed by atoms with Gasteiger partial charge >= 0.3 is 5.97 Å². The molecule has 1 fully saturated rings. The Balaban J connectivity index is 1.65. The number of carboxylic acid groups (broad SMARTS) is 1. The highest BCUT2D eigenvalue weighted by molar-refractivity contribution is 5.90. The molecular weight excluding hydrogens is 286 g/mol. The van der Waals surface area contributed by atoms with E-state index in [4.69, 9.17) is 8.83 Å². The Morgan fingerprint density at radius 2 is 2.18 bits per heavy atom. The van der Waals surface area contributed by atoms with Crippen molar-refractivity contribution in [3.8, 4) is 0 Å². The summed E-state index contributed by atoms with van der Waals surface area (Å²) in [6, 6.07) is 5.26. The SMILES string of the molecule is O=C(O)[C@@H]1c2ccoc2C[C@H]2CN(Cc3ccco3)C(=O)[C@@H]21. The molecule has 0 bridgehead atoms. The largest absolute Gasteiger partial charge is 0.481 e. The first kappa shape index (κ1) is 13.2. The quantitative estimate of drug-likeness (QED) is 0.935. The van der Waals surface area contributed by atoms with Gasteiger partial charge in [-0.25, -0.2) is 0 Å².